The lowest BCUT2D eigenvalue weighted by atomic mass is 9.99. The number of sulfonamides is 1. The maximum Gasteiger partial charge on any atom is 0.274 e. The molecule has 4 amide bonds. The van der Waals surface area contributed by atoms with Crippen molar-refractivity contribution in [3.63, 3.8) is 0 Å². The zero-order valence-electron chi connectivity index (χ0n) is 54.4. The van der Waals surface area contributed by atoms with Crippen molar-refractivity contribution in [1.29, 1.82) is 0 Å². The molecule has 0 spiro atoms. The number of carbonyl (C=O) groups is 4. The van der Waals surface area contributed by atoms with Gasteiger partial charge in [-0.2, -0.15) is 8.42 Å². The van der Waals surface area contributed by atoms with Crippen molar-refractivity contribution in [2.24, 2.45) is 12.2 Å². The van der Waals surface area contributed by atoms with Crippen LogP contribution >= 0.6 is 0 Å². The van der Waals surface area contributed by atoms with Gasteiger partial charge in [0.25, 0.3) is 43.9 Å². The topological polar surface area (TPSA) is 261 Å². The number of hydrogen-bond acceptors (Lipinski definition) is 17. The number of piperazine rings is 2. The van der Waals surface area contributed by atoms with Crippen molar-refractivity contribution in [2.45, 2.75) is 75.6 Å². The molecule has 25 heteroatoms. The Labute approximate surface area is 550 Å². The van der Waals surface area contributed by atoms with Crippen LogP contribution in [0.2, 0.25) is 0 Å². The van der Waals surface area contributed by atoms with E-state index in [1.165, 1.54) is 55.6 Å². The number of aryl methyl sites for hydroxylation is 2. The number of benzene rings is 6. The second-order valence-electron chi connectivity index (χ2n) is 23.7. The summed E-state index contributed by atoms with van der Waals surface area (Å²) in [5.74, 6) is 1.00. The summed E-state index contributed by atoms with van der Waals surface area (Å²) in [4.78, 5) is 72.7. The van der Waals surface area contributed by atoms with Crippen LogP contribution in [0.3, 0.4) is 0 Å². The lowest BCUT2D eigenvalue weighted by Crippen LogP contribution is -2.47. The number of carbonyl (C=O) groups excluding carboxylic acids is 4. The van der Waals surface area contributed by atoms with Gasteiger partial charge in [-0.15, -0.1) is 0 Å². The van der Waals surface area contributed by atoms with Crippen LogP contribution in [0.5, 0.6) is 23.0 Å². The molecular weight excluding hydrogens is 1240 g/mol. The number of hydrogen-bond donors (Lipinski definition) is 3. The lowest BCUT2D eigenvalue weighted by molar-refractivity contribution is 0.0557. The van der Waals surface area contributed by atoms with E-state index in [4.69, 9.17) is 24.1 Å². The fraction of sp³-hybridized carbons (Fsp3) is 0.377. The number of rotatable bonds is 25. The van der Waals surface area contributed by atoms with E-state index < -0.39 is 32.3 Å². The number of methoxy groups -OCH3 is 4. The summed E-state index contributed by atoms with van der Waals surface area (Å²) in [6.45, 7) is 12.4. The molecule has 0 unspecified atom stereocenters. The average Bonchev–Trinajstić information content (AvgIpc) is 1.60. The van der Waals surface area contributed by atoms with E-state index in [2.05, 4.69) is 96.4 Å². The molecule has 0 bridgehead atoms. The molecule has 7 aromatic rings. The average molecular weight is 1320 g/mol. The molecule has 23 nitrogen and oxygen atoms in total. The Morgan fingerprint density at radius 3 is 1.28 bits per heavy atom. The van der Waals surface area contributed by atoms with E-state index in [1.54, 1.807) is 61.0 Å². The third-order valence-electron chi connectivity index (χ3n) is 18.3. The molecule has 11 rings (SSSR count). The number of amides is 4. The van der Waals surface area contributed by atoms with Crippen molar-refractivity contribution in [3.8, 4) is 23.0 Å². The number of nitrogens with one attached hydrogen (secondary N) is 2. The number of imidazole rings is 1. The third-order valence-corrected chi connectivity index (χ3v) is 20.2. The number of fused-ring (bicyclic) bond motifs is 2. The van der Waals surface area contributed by atoms with E-state index in [-0.39, 0.29) is 53.8 Å². The van der Waals surface area contributed by atoms with Crippen LogP contribution in [0, 0.1) is 6.92 Å². The number of ether oxygens (including phenoxy) is 4. The van der Waals surface area contributed by atoms with E-state index in [0.717, 1.165) is 37.6 Å². The standard InChI is InChI=1S/C37H44N6O6S.C32H39N5O6S/c1-25(27-11-7-6-8-12-27)41-19-21-42(22-20-41)31-14-9-13-29-35(31)37(45)43(36(29)44)30(28-16-17-32(48-4)33(23-28)49-5)15-10-18-38-50(46,47)34-24-40(3)26(2)39-34;1-22(23-9-5-4-6-10-23)35-17-19-36(20-18-35)27-12-7-11-25-30(27)32(39)37(31(25)38)26(13-8-16-34-44(33,40)41)24-14-15-28(42-2)29(21-24)43-3/h6-9,11-14,16-17,23-25,30,38H,10,15,18-22H2,1-5H3;4-7,9-12,14-15,21-22,26,34H,8,13,16-20H2,1-3H3,(H2,33,40,41)/t25-,30-;22-,26-/m11/s1. The summed E-state index contributed by atoms with van der Waals surface area (Å²) >= 11 is 0. The number of nitrogens with two attached hydrogens (primary N) is 1. The minimum atomic E-state index is -3.88. The molecule has 6 aromatic carbocycles. The number of anilines is 2. The van der Waals surface area contributed by atoms with Gasteiger partial charge in [-0.3, -0.25) is 38.8 Å². The predicted molar refractivity (Wildman–Crippen MR) is 358 cm³/mol. The highest BCUT2D eigenvalue weighted by molar-refractivity contribution is 7.89. The van der Waals surface area contributed by atoms with Crippen LogP contribution in [-0.2, 0) is 27.3 Å². The Morgan fingerprint density at radius 2 is 0.904 bits per heavy atom. The third kappa shape index (κ3) is 14.8. The quantitative estimate of drug-likeness (QED) is 0.0359. The summed E-state index contributed by atoms with van der Waals surface area (Å²) in [6, 6.07) is 41.4. The van der Waals surface area contributed by atoms with Crippen LogP contribution in [-0.4, -0.2) is 164 Å². The molecule has 5 heterocycles. The minimum absolute atomic E-state index is 0.0582. The molecule has 4 N–H and O–H groups in total. The van der Waals surface area contributed by atoms with E-state index in [1.807, 2.05) is 42.5 Å². The first-order chi connectivity index (χ1) is 45.2. The van der Waals surface area contributed by atoms with Crippen LogP contribution in [0.1, 0.15) is 133 Å². The molecule has 4 aliphatic heterocycles. The summed E-state index contributed by atoms with van der Waals surface area (Å²) in [7, 11) is 0.119. The summed E-state index contributed by atoms with van der Waals surface area (Å²) < 4.78 is 77.2. The van der Waals surface area contributed by atoms with Gasteiger partial charge in [-0.05, 0) is 117 Å². The highest BCUT2D eigenvalue weighted by Gasteiger charge is 2.45. The van der Waals surface area contributed by atoms with Gasteiger partial charge in [0, 0.05) is 90.8 Å². The van der Waals surface area contributed by atoms with Gasteiger partial charge in [0.2, 0.25) is 0 Å². The van der Waals surface area contributed by atoms with E-state index in [0.29, 0.717) is 114 Å². The molecule has 0 saturated carbocycles. The summed E-state index contributed by atoms with van der Waals surface area (Å²) in [5.41, 5.74) is 6.89. The Hall–Kier alpha value is -8.69. The Kier molecular flexibility index (Phi) is 21.6. The Balaban J connectivity index is 0.000000207. The van der Waals surface area contributed by atoms with Crippen LogP contribution in [0.25, 0.3) is 0 Å². The summed E-state index contributed by atoms with van der Waals surface area (Å²) in [5, 5.41) is 5.05. The molecule has 498 valence electrons. The minimum Gasteiger partial charge on any atom is -0.493 e. The fourth-order valence-electron chi connectivity index (χ4n) is 13.0. The van der Waals surface area contributed by atoms with Crippen molar-refractivity contribution in [2.75, 3.05) is 104 Å². The highest BCUT2D eigenvalue weighted by Crippen LogP contribution is 2.43. The van der Waals surface area contributed by atoms with Crippen molar-refractivity contribution >= 4 is 55.2 Å². The van der Waals surface area contributed by atoms with E-state index >= 15 is 0 Å². The molecule has 2 saturated heterocycles. The molecule has 0 aliphatic carbocycles. The molecule has 1 aromatic heterocycles. The second kappa shape index (κ2) is 29.7. The predicted octanol–water partition coefficient (Wildman–Crippen LogP) is 8.22. The van der Waals surface area contributed by atoms with Gasteiger partial charge in [0.1, 0.15) is 5.82 Å². The highest BCUT2D eigenvalue weighted by atomic mass is 32.2. The number of nitrogens with zero attached hydrogens (tertiary/aromatic N) is 8. The zero-order chi connectivity index (χ0) is 67.0. The van der Waals surface area contributed by atoms with Gasteiger partial charge in [0.05, 0.1) is 74.2 Å². The molecule has 2 fully saturated rings. The van der Waals surface area contributed by atoms with Crippen LogP contribution < -0.4 is 43.3 Å². The summed E-state index contributed by atoms with van der Waals surface area (Å²) in [6.07, 6.45) is 2.73. The Morgan fingerprint density at radius 1 is 0.500 bits per heavy atom. The molecule has 0 radical (unpaired) electrons. The Bertz CT molecular complexity index is 4080. The van der Waals surface area contributed by atoms with Gasteiger partial charge < -0.3 is 33.3 Å². The lowest BCUT2D eigenvalue weighted by Gasteiger charge is -2.39. The monoisotopic (exact) mass is 1320 g/mol. The normalized spacial score (nSPS) is 16.7. The van der Waals surface area contributed by atoms with Crippen molar-refractivity contribution in [1.82, 2.24) is 38.6 Å². The number of aromatic nitrogens is 2. The van der Waals surface area contributed by atoms with Gasteiger partial charge >= 0.3 is 0 Å². The maximum absolute atomic E-state index is 14.4. The van der Waals surface area contributed by atoms with Crippen LogP contribution in [0.4, 0.5) is 11.4 Å². The maximum atomic E-state index is 14.4. The second-order valence-corrected chi connectivity index (χ2v) is 26.8. The van der Waals surface area contributed by atoms with Gasteiger partial charge in [0.15, 0.2) is 28.0 Å². The van der Waals surface area contributed by atoms with Crippen molar-refractivity contribution < 1.29 is 55.0 Å². The smallest absolute Gasteiger partial charge is 0.274 e. The first-order valence-corrected chi connectivity index (χ1v) is 34.5. The fourth-order valence-corrected chi connectivity index (χ4v) is 14.5. The molecule has 94 heavy (non-hydrogen) atoms. The first-order valence-electron chi connectivity index (χ1n) is 31.5. The van der Waals surface area contributed by atoms with Crippen molar-refractivity contribution in [3.05, 3.63) is 190 Å². The largest absolute Gasteiger partial charge is 0.493 e. The molecule has 4 atom stereocenters. The van der Waals surface area contributed by atoms with E-state index in [9.17, 15) is 36.0 Å². The molecule has 4 aliphatic rings. The first kappa shape index (κ1) is 68.2. The molecular formula is C69H83N11O12S2. The number of imide groups is 2. The van der Waals surface area contributed by atoms with Crippen LogP contribution in [0.15, 0.2) is 145 Å². The zero-order valence-corrected chi connectivity index (χ0v) is 56.0. The SMILES string of the molecule is COc1ccc([C@@H](CCCNS(=O)(=O)c2cn(C)c(C)n2)N2C(=O)c3cccc(N4CCN([C@H](C)c5ccccc5)CC4)c3C2=O)cc1OC.COc1ccc([C@@H](CCCNS(N)(=O)=O)N2C(=O)c3cccc(N4CCN([C@H](C)c5ccccc5)CC4)c3C2=O)cc1OC. The van der Waals surface area contributed by atoms with Gasteiger partial charge in [-0.25, -0.2) is 28.0 Å². The van der Waals surface area contributed by atoms with Gasteiger partial charge in [-0.1, -0.05) is 84.9 Å².